The third kappa shape index (κ3) is 3.66. The molecule has 7 heteroatoms. The highest BCUT2D eigenvalue weighted by molar-refractivity contribution is 7.92. The van der Waals surface area contributed by atoms with Crippen molar-refractivity contribution >= 4 is 27.3 Å². The van der Waals surface area contributed by atoms with Crippen molar-refractivity contribution in [3.63, 3.8) is 0 Å². The molecule has 0 saturated heterocycles. The van der Waals surface area contributed by atoms with Crippen LogP contribution in [0, 0.1) is 0 Å². The number of halogens is 1. The van der Waals surface area contributed by atoms with Crippen LogP contribution in [0.3, 0.4) is 0 Å². The number of hydrogen-bond acceptors (Lipinski definition) is 4. The zero-order valence-corrected chi connectivity index (χ0v) is 12.9. The molecule has 0 saturated carbocycles. The maximum atomic E-state index is 12.4. The molecule has 0 aliphatic carbocycles. The number of hydrogen-bond donors (Lipinski definition) is 2. The van der Waals surface area contributed by atoms with E-state index in [2.05, 4.69) is 4.72 Å². The highest BCUT2D eigenvalue weighted by atomic mass is 35.5. The molecule has 2 aromatic carbocycles. The number of ether oxygens (including phenoxy) is 1. The van der Waals surface area contributed by atoms with E-state index in [1.54, 1.807) is 18.2 Å². The monoisotopic (exact) mass is 326 g/mol. The van der Waals surface area contributed by atoms with Gasteiger partial charge in [-0.1, -0.05) is 23.7 Å². The molecule has 0 aromatic heterocycles. The molecule has 0 radical (unpaired) electrons. The van der Waals surface area contributed by atoms with Crippen molar-refractivity contribution in [2.45, 2.75) is 11.4 Å². The number of sulfonamides is 1. The van der Waals surface area contributed by atoms with Crippen LogP contribution in [0.2, 0.25) is 5.02 Å². The Morgan fingerprint density at radius 2 is 2.00 bits per heavy atom. The van der Waals surface area contributed by atoms with Crippen LogP contribution in [0.1, 0.15) is 5.56 Å². The van der Waals surface area contributed by atoms with Gasteiger partial charge < -0.3 is 10.5 Å². The molecule has 0 aliphatic heterocycles. The van der Waals surface area contributed by atoms with E-state index in [1.165, 1.54) is 25.3 Å². The zero-order chi connectivity index (χ0) is 15.5. The van der Waals surface area contributed by atoms with Gasteiger partial charge in [0.15, 0.2) is 0 Å². The quantitative estimate of drug-likeness (QED) is 0.885. The van der Waals surface area contributed by atoms with Crippen molar-refractivity contribution in [1.29, 1.82) is 0 Å². The molecule has 0 fully saturated rings. The largest absolute Gasteiger partial charge is 0.495 e. The molecule has 0 aliphatic rings. The predicted molar refractivity (Wildman–Crippen MR) is 83.1 cm³/mol. The fraction of sp³-hybridized carbons (Fsp3) is 0.143. The van der Waals surface area contributed by atoms with Gasteiger partial charge in [-0.2, -0.15) is 0 Å². The number of methoxy groups -OCH3 is 1. The van der Waals surface area contributed by atoms with Gasteiger partial charge in [-0.15, -0.1) is 0 Å². The van der Waals surface area contributed by atoms with E-state index in [-0.39, 0.29) is 10.6 Å². The number of benzene rings is 2. The molecule has 0 unspecified atom stereocenters. The standard InChI is InChI=1S/C14H15ClN2O3S/c1-20-13-8-11(15)5-6-14(13)21(18,19)17-12-4-2-3-10(7-12)9-16/h2-8,17H,9,16H2,1H3. The molecule has 0 bridgehead atoms. The van der Waals surface area contributed by atoms with Crippen molar-refractivity contribution < 1.29 is 13.2 Å². The summed E-state index contributed by atoms with van der Waals surface area (Å²) in [5.74, 6) is 0.185. The molecule has 5 nitrogen and oxygen atoms in total. The molecule has 0 amide bonds. The predicted octanol–water partition coefficient (Wildman–Crippen LogP) is 2.61. The topological polar surface area (TPSA) is 81.4 Å². The lowest BCUT2D eigenvalue weighted by molar-refractivity contribution is 0.403. The average Bonchev–Trinajstić information content (AvgIpc) is 2.46. The summed E-state index contributed by atoms with van der Waals surface area (Å²) in [6, 6.07) is 11.2. The fourth-order valence-electron chi connectivity index (χ4n) is 1.84. The van der Waals surface area contributed by atoms with Crippen LogP contribution in [0.4, 0.5) is 5.69 Å². The van der Waals surface area contributed by atoms with Gasteiger partial charge in [0.25, 0.3) is 10.0 Å². The second kappa shape index (κ2) is 6.34. The second-order valence-corrected chi connectivity index (χ2v) is 6.39. The summed E-state index contributed by atoms with van der Waals surface area (Å²) in [6.07, 6.45) is 0. The second-order valence-electron chi connectivity index (χ2n) is 4.31. The molecule has 0 heterocycles. The fourth-order valence-corrected chi connectivity index (χ4v) is 3.20. The molecule has 3 N–H and O–H groups in total. The summed E-state index contributed by atoms with van der Waals surface area (Å²) in [6.45, 7) is 0.333. The van der Waals surface area contributed by atoms with E-state index in [4.69, 9.17) is 22.1 Å². The molecule has 112 valence electrons. The van der Waals surface area contributed by atoms with E-state index in [0.29, 0.717) is 17.3 Å². The first-order valence-electron chi connectivity index (χ1n) is 6.11. The minimum absolute atomic E-state index is 0.0209. The number of rotatable bonds is 5. The molecule has 0 atom stereocenters. The first-order chi connectivity index (χ1) is 9.96. The van der Waals surface area contributed by atoms with Crippen molar-refractivity contribution in [2.24, 2.45) is 5.73 Å². The van der Waals surface area contributed by atoms with Gasteiger partial charge in [-0.25, -0.2) is 8.42 Å². The minimum Gasteiger partial charge on any atom is -0.495 e. The number of anilines is 1. The van der Waals surface area contributed by atoms with Gasteiger partial charge in [0.1, 0.15) is 10.6 Å². The van der Waals surface area contributed by atoms with E-state index >= 15 is 0 Å². The van der Waals surface area contributed by atoms with Crippen LogP contribution in [0.25, 0.3) is 0 Å². The molecule has 2 rings (SSSR count). The van der Waals surface area contributed by atoms with Crippen LogP contribution in [0.15, 0.2) is 47.4 Å². The van der Waals surface area contributed by atoms with Gasteiger partial charge in [-0.05, 0) is 29.8 Å². The van der Waals surface area contributed by atoms with Crippen LogP contribution >= 0.6 is 11.6 Å². The Morgan fingerprint density at radius 1 is 1.24 bits per heavy atom. The molecular weight excluding hydrogens is 312 g/mol. The normalized spacial score (nSPS) is 11.2. The maximum absolute atomic E-state index is 12.4. The smallest absolute Gasteiger partial charge is 0.265 e. The summed E-state index contributed by atoms with van der Waals surface area (Å²) >= 11 is 5.84. The lowest BCUT2D eigenvalue weighted by Gasteiger charge is -2.12. The molecule has 2 aromatic rings. The first kappa shape index (κ1) is 15.6. The summed E-state index contributed by atoms with van der Waals surface area (Å²) in [5, 5.41) is 0.399. The van der Waals surface area contributed by atoms with Crippen molar-refractivity contribution in [3.05, 3.63) is 53.1 Å². The van der Waals surface area contributed by atoms with Gasteiger partial charge in [-0.3, -0.25) is 4.72 Å². The Morgan fingerprint density at radius 3 is 2.67 bits per heavy atom. The van der Waals surface area contributed by atoms with Crippen molar-refractivity contribution in [3.8, 4) is 5.75 Å². The summed E-state index contributed by atoms with van der Waals surface area (Å²) in [5.41, 5.74) is 6.82. The Labute approximate surface area is 128 Å². The van der Waals surface area contributed by atoms with E-state index < -0.39 is 10.0 Å². The summed E-state index contributed by atoms with van der Waals surface area (Å²) in [7, 11) is -2.38. The number of nitrogens with one attached hydrogen (secondary N) is 1. The Balaban J connectivity index is 2.38. The average molecular weight is 327 g/mol. The maximum Gasteiger partial charge on any atom is 0.265 e. The first-order valence-corrected chi connectivity index (χ1v) is 7.98. The Kier molecular flexibility index (Phi) is 4.72. The molecule has 0 spiro atoms. The Bertz CT molecular complexity index is 748. The van der Waals surface area contributed by atoms with Gasteiger partial charge in [0.2, 0.25) is 0 Å². The third-order valence-corrected chi connectivity index (χ3v) is 4.49. The van der Waals surface area contributed by atoms with E-state index in [0.717, 1.165) is 5.56 Å². The van der Waals surface area contributed by atoms with Gasteiger partial charge in [0.05, 0.1) is 7.11 Å². The lowest BCUT2D eigenvalue weighted by Crippen LogP contribution is -2.14. The van der Waals surface area contributed by atoms with E-state index in [1.807, 2.05) is 6.07 Å². The van der Waals surface area contributed by atoms with Crippen LogP contribution in [-0.2, 0) is 16.6 Å². The van der Waals surface area contributed by atoms with E-state index in [9.17, 15) is 8.42 Å². The molecular formula is C14H15ClN2O3S. The highest BCUT2D eigenvalue weighted by Gasteiger charge is 2.19. The highest BCUT2D eigenvalue weighted by Crippen LogP contribution is 2.28. The number of nitrogens with two attached hydrogens (primary N) is 1. The van der Waals surface area contributed by atoms with Crippen LogP contribution < -0.4 is 15.2 Å². The zero-order valence-electron chi connectivity index (χ0n) is 11.3. The molecule has 21 heavy (non-hydrogen) atoms. The Hall–Kier alpha value is -1.76. The van der Waals surface area contributed by atoms with Crippen molar-refractivity contribution in [1.82, 2.24) is 0 Å². The van der Waals surface area contributed by atoms with Gasteiger partial charge in [0, 0.05) is 23.3 Å². The third-order valence-electron chi connectivity index (χ3n) is 2.83. The van der Waals surface area contributed by atoms with Crippen LogP contribution in [-0.4, -0.2) is 15.5 Å². The van der Waals surface area contributed by atoms with Gasteiger partial charge >= 0.3 is 0 Å². The lowest BCUT2D eigenvalue weighted by atomic mass is 10.2. The van der Waals surface area contributed by atoms with Crippen LogP contribution in [0.5, 0.6) is 5.75 Å². The SMILES string of the molecule is COc1cc(Cl)ccc1S(=O)(=O)Nc1cccc(CN)c1. The minimum atomic E-state index is -3.77. The summed E-state index contributed by atoms with van der Waals surface area (Å²) < 4.78 is 32.4. The summed E-state index contributed by atoms with van der Waals surface area (Å²) in [4.78, 5) is 0.0209. The van der Waals surface area contributed by atoms with Crippen molar-refractivity contribution in [2.75, 3.05) is 11.8 Å².